The molecule has 0 spiro atoms. The Kier molecular flexibility index (Phi) is 8.10. The number of benzene rings is 2. The molecule has 4 rings (SSSR count). The Morgan fingerprint density at radius 1 is 1.14 bits per heavy atom. The van der Waals surface area contributed by atoms with Crippen LogP contribution in [0, 0.1) is 19.8 Å². The summed E-state index contributed by atoms with van der Waals surface area (Å²) < 4.78 is 11.8. The van der Waals surface area contributed by atoms with E-state index in [0.29, 0.717) is 29.2 Å². The van der Waals surface area contributed by atoms with E-state index in [-0.39, 0.29) is 12.2 Å². The fraction of sp³-hybridized carbons (Fsp3) is 0.419. The van der Waals surface area contributed by atoms with E-state index in [4.69, 9.17) is 9.15 Å². The van der Waals surface area contributed by atoms with Crippen LogP contribution in [-0.2, 0) is 12.8 Å². The molecule has 1 aliphatic heterocycles. The van der Waals surface area contributed by atoms with Gasteiger partial charge < -0.3 is 14.1 Å². The molecular weight excluding hydrogens is 450 g/mol. The van der Waals surface area contributed by atoms with Gasteiger partial charge in [0, 0.05) is 41.0 Å². The smallest absolute Gasteiger partial charge is 0.339 e. The molecule has 2 heterocycles. The van der Waals surface area contributed by atoms with Gasteiger partial charge in [-0.1, -0.05) is 23.8 Å². The highest BCUT2D eigenvalue weighted by molar-refractivity contribution is 5.98. The van der Waals surface area contributed by atoms with Gasteiger partial charge in [-0.2, -0.15) is 0 Å². The van der Waals surface area contributed by atoms with Crippen LogP contribution in [0.2, 0.25) is 0 Å². The van der Waals surface area contributed by atoms with Gasteiger partial charge >= 0.3 is 5.63 Å². The van der Waals surface area contributed by atoms with Gasteiger partial charge in [0.15, 0.2) is 5.78 Å². The number of aryl methyl sites for hydroxylation is 2. The van der Waals surface area contributed by atoms with Crippen molar-refractivity contribution in [2.75, 3.05) is 26.7 Å². The van der Waals surface area contributed by atoms with Gasteiger partial charge in [-0.15, -0.1) is 0 Å². The fourth-order valence-electron chi connectivity index (χ4n) is 4.90. The number of rotatable bonds is 8. The standard InChI is InChI=1S/C31H37NO4/c1-20(2)8-10-24-15-25(11-9-21(24)3)28(33)17-27-16-26-12-13-29(22(4)30(26)36-31(27)34)35-19-23-7-6-14-32(5)18-23/h8-9,11-13,15-16,23H,6-7,10,14,17-19H2,1-5H3. The minimum absolute atomic E-state index is 0.00984. The Morgan fingerprint density at radius 3 is 2.69 bits per heavy atom. The molecule has 1 fully saturated rings. The first-order valence-electron chi connectivity index (χ1n) is 12.8. The third-order valence-corrected chi connectivity index (χ3v) is 7.12. The number of piperidine rings is 1. The minimum Gasteiger partial charge on any atom is -0.493 e. The molecule has 0 bridgehead atoms. The number of hydrogen-bond acceptors (Lipinski definition) is 5. The number of ketones is 1. The monoisotopic (exact) mass is 487 g/mol. The molecular formula is C31H37NO4. The lowest BCUT2D eigenvalue weighted by Gasteiger charge is -2.29. The van der Waals surface area contributed by atoms with Crippen molar-refractivity contribution in [2.45, 2.75) is 53.4 Å². The van der Waals surface area contributed by atoms with E-state index < -0.39 is 5.63 Å². The predicted octanol–water partition coefficient (Wildman–Crippen LogP) is 6.06. The first-order valence-corrected chi connectivity index (χ1v) is 12.8. The zero-order chi connectivity index (χ0) is 25.8. The molecule has 2 aromatic carbocycles. The predicted molar refractivity (Wildman–Crippen MR) is 145 cm³/mol. The molecule has 0 aliphatic carbocycles. The minimum atomic E-state index is -0.470. The van der Waals surface area contributed by atoms with Crippen LogP contribution in [-0.4, -0.2) is 37.4 Å². The number of allylic oxidation sites excluding steroid dienone is 2. The number of Topliss-reactive ketones (excluding diaryl/α,β-unsaturated/α-hetero) is 1. The lowest BCUT2D eigenvalue weighted by atomic mass is 9.97. The van der Waals surface area contributed by atoms with Crippen molar-refractivity contribution in [3.8, 4) is 5.75 Å². The topological polar surface area (TPSA) is 59.8 Å². The summed E-state index contributed by atoms with van der Waals surface area (Å²) in [6, 6.07) is 11.4. The van der Waals surface area contributed by atoms with Crippen molar-refractivity contribution < 1.29 is 13.9 Å². The Hall–Kier alpha value is -3.18. The molecule has 1 aromatic heterocycles. The molecule has 3 aromatic rings. The SMILES string of the molecule is CC(C)=CCc1cc(C(=O)Cc2cc3ccc(OCC4CCCN(C)C4)c(C)c3oc2=O)ccc1C. The van der Waals surface area contributed by atoms with Crippen LogP contribution >= 0.6 is 0 Å². The second kappa shape index (κ2) is 11.3. The maximum atomic E-state index is 13.1. The normalized spacial score (nSPS) is 16.2. The summed E-state index contributed by atoms with van der Waals surface area (Å²) in [7, 11) is 2.15. The lowest BCUT2D eigenvalue weighted by Crippen LogP contribution is -2.34. The number of ether oxygens (including phenoxy) is 1. The summed E-state index contributed by atoms with van der Waals surface area (Å²) in [5.41, 5.74) is 5.37. The number of carbonyl (C=O) groups is 1. The van der Waals surface area contributed by atoms with E-state index in [0.717, 1.165) is 47.3 Å². The van der Waals surface area contributed by atoms with Crippen LogP contribution in [0.3, 0.4) is 0 Å². The molecule has 5 nitrogen and oxygen atoms in total. The molecule has 1 saturated heterocycles. The fourth-order valence-corrected chi connectivity index (χ4v) is 4.90. The highest BCUT2D eigenvalue weighted by Crippen LogP contribution is 2.28. The molecule has 0 amide bonds. The zero-order valence-corrected chi connectivity index (χ0v) is 22.1. The Bertz CT molecular complexity index is 1350. The van der Waals surface area contributed by atoms with E-state index in [1.54, 1.807) is 6.07 Å². The molecule has 0 radical (unpaired) electrons. The maximum absolute atomic E-state index is 13.1. The van der Waals surface area contributed by atoms with Crippen molar-refractivity contribution in [2.24, 2.45) is 5.92 Å². The van der Waals surface area contributed by atoms with Gasteiger partial charge in [-0.3, -0.25) is 4.79 Å². The second-order valence-electron chi connectivity index (χ2n) is 10.5. The van der Waals surface area contributed by atoms with Gasteiger partial charge in [0.05, 0.1) is 6.61 Å². The van der Waals surface area contributed by atoms with E-state index in [2.05, 4.69) is 31.9 Å². The van der Waals surface area contributed by atoms with E-state index in [1.165, 1.54) is 18.4 Å². The van der Waals surface area contributed by atoms with Gasteiger partial charge in [-0.05, 0) is 95.9 Å². The Morgan fingerprint density at radius 2 is 1.94 bits per heavy atom. The van der Waals surface area contributed by atoms with Crippen molar-refractivity contribution in [3.05, 3.63) is 86.3 Å². The number of hydrogen-bond donors (Lipinski definition) is 0. The first-order chi connectivity index (χ1) is 17.2. The second-order valence-corrected chi connectivity index (χ2v) is 10.5. The summed E-state index contributed by atoms with van der Waals surface area (Å²) in [5, 5.41) is 0.799. The molecule has 190 valence electrons. The van der Waals surface area contributed by atoms with Crippen LogP contribution in [0.1, 0.15) is 59.3 Å². The van der Waals surface area contributed by atoms with Gasteiger partial charge in [0.1, 0.15) is 11.3 Å². The first kappa shape index (κ1) is 25.9. The average Bonchev–Trinajstić information content (AvgIpc) is 2.84. The third-order valence-electron chi connectivity index (χ3n) is 7.12. The third kappa shape index (κ3) is 6.14. The van der Waals surface area contributed by atoms with E-state index in [1.807, 2.05) is 44.2 Å². The van der Waals surface area contributed by atoms with Crippen molar-refractivity contribution in [1.29, 1.82) is 0 Å². The van der Waals surface area contributed by atoms with Crippen LogP contribution in [0.5, 0.6) is 5.75 Å². The highest BCUT2D eigenvalue weighted by Gasteiger charge is 2.19. The van der Waals surface area contributed by atoms with Crippen molar-refractivity contribution in [1.82, 2.24) is 4.90 Å². The summed E-state index contributed by atoms with van der Waals surface area (Å²) in [6.45, 7) is 10.9. The molecule has 0 N–H and O–H groups in total. The van der Waals surface area contributed by atoms with Crippen molar-refractivity contribution >= 4 is 16.8 Å². The highest BCUT2D eigenvalue weighted by atomic mass is 16.5. The summed E-state index contributed by atoms with van der Waals surface area (Å²) in [5.74, 6) is 1.16. The number of carbonyl (C=O) groups excluding carboxylic acids is 1. The summed E-state index contributed by atoms with van der Waals surface area (Å²) >= 11 is 0. The molecule has 1 atom stereocenters. The van der Waals surface area contributed by atoms with Crippen LogP contribution < -0.4 is 10.4 Å². The largest absolute Gasteiger partial charge is 0.493 e. The van der Waals surface area contributed by atoms with E-state index >= 15 is 0 Å². The lowest BCUT2D eigenvalue weighted by molar-refractivity contribution is 0.0992. The number of nitrogens with zero attached hydrogens (tertiary/aromatic N) is 1. The van der Waals surface area contributed by atoms with Crippen LogP contribution in [0.25, 0.3) is 11.0 Å². The molecule has 1 unspecified atom stereocenters. The molecule has 0 saturated carbocycles. The van der Waals surface area contributed by atoms with Crippen LogP contribution in [0.4, 0.5) is 0 Å². The van der Waals surface area contributed by atoms with Gasteiger partial charge in [-0.25, -0.2) is 4.79 Å². The Balaban J connectivity index is 1.51. The van der Waals surface area contributed by atoms with Crippen molar-refractivity contribution in [3.63, 3.8) is 0 Å². The quantitative estimate of drug-likeness (QED) is 0.219. The summed E-state index contributed by atoms with van der Waals surface area (Å²) in [6.07, 6.45) is 5.31. The van der Waals surface area contributed by atoms with Gasteiger partial charge in [0.2, 0.25) is 0 Å². The Labute approximate surface area is 213 Å². The zero-order valence-electron chi connectivity index (χ0n) is 22.1. The molecule has 5 heteroatoms. The number of likely N-dealkylation sites (tertiary alicyclic amines) is 1. The van der Waals surface area contributed by atoms with Gasteiger partial charge in [0.25, 0.3) is 0 Å². The van der Waals surface area contributed by atoms with Crippen LogP contribution in [0.15, 0.2) is 57.3 Å². The molecule has 36 heavy (non-hydrogen) atoms. The molecule has 1 aliphatic rings. The van der Waals surface area contributed by atoms with E-state index in [9.17, 15) is 9.59 Å². The summed E-state index contributed by atoms with van der Waals surface area (Å²) in [4.78, 5) is 28.2. The average molecular weight is 488 g/mol. The maximum Gasteiger partial charge on any atom is 0.339 e. The number of fused-ring (bicyclic) bond motifs is 1.